The molecule has 0 aliphatic carbocycles. The molecule has 0 spiro atoms. The number of nitrogens with zero attached hydrogens (tertiary/aromatic N) is 1. The summed E-state index contributed by atoms with van der Waals surface area (Å²) < 4.78 is 0. The quantitative estimate of drug-likeness (QED) is 0.683. The lowest BCUT2D eigenvalue weighted by molar-refractivity contribution is -0.111. The van der Waals surface area contributed by atoms with Crippen molar-refractivity contribution in [2.75, 3.05) is 17.7 Å². The van der Waals surface area contributed by atoms with E-state index in [1.165, 1.54) is 6.08 Å². The lowest BCUT2D eigenvalue weighted by Crippen LogP contribution is -2.07. The molecule has 0 atom stereocenters. The Balaban J connectivity index is 2.69. The predicted molar refractivity (Wildman–Crippen MR) is 52.6 cm³/mol. The molecule has 0 unspecified atom stereocenters. The lowest BCUT2D eigenvalue weighted by atomic mass is 10.4. The third-order valence-electron chi connectivity index (χ3n) is 1.47. The van der Waals surface area contributed by atoms with Crippen molar-refractivity contribution < 1.29 is 4.79 Å². The van der Waals surface area contributed by atoms with Crippen LogP contribution in [0.3, 0.4) is 0 Å². The second-order valence-corrected chi connectivity index (χ2v) is 2.38. The second kappa shape index (κ2) is 4.25. The predicted octanol–water partition coefficient (Wildman–Crippen LogP) is 1.25. The normalized spacial score (nSPS) is 9.00. The molecule has 0 radical (unpaired) electrons. The molecule has 0 aliphatic heterocycles. The number of nitrogens with one attached hydrogen (secondary N) is 2. The highest BCUT2D eigenvalue weighted by atomic mass is 16.1. The maximum Gasteiger partial charge on any atom is 0.247 e. The van der Waals surface area contributed by atoms with Crippen LogP contribution in [0.15, 0.2) is 31.0 Å². The first-order chi connectivity index (χ1) is 6.26. The van der Waals surface area contributed by atoms with Crippen LogP contribution in [-0.4, -0.2) is 17.9 Å². The molecule has 0 aliphatic rings. The molecule has 13 heavy (non-hydrogen) atoms. The fourth-order valence-corrected chi connectivity index (χ4v) is 0.809. The van der Waals surface area contributed by atoms with Crippen molar-refractivity contribution in [1.29, 1.82) is 0 Å². The summed E-state index contributed by atoms with van der Waals surface area (Å²) in [7, 11) is 1.78. The maximum absolute atomic E-state index is 10.9. The molecule has 0 aromatic carbocycles. The number of hydrogen-bond donors (Lipinski definition) is 2. The average molecular weight is 177 g/mol. The van der Waals surface area contributed by atoms with E-state index in [1.807, 2.05) is 0 Å². The van der Waals surface area contributed by atoms with E-state index < -0.39 is 0 Å². The van der Waals surface area contributed by atoms with Gasteiger partial charge in [-0.3, -0.25) is 4.79 Å². The number of aromatic nitrogens is 1. The minimum atomic E-state index is -0.237. The molecule has 1 aromatic rings. The molecule has 1 aromatic heterocycles. The summed E-state index contributed by atoms with van der Waals surface area (Å²) in [4.78, 5) is 14.9. The van der Waals surface area contributed by atoms with E-state index in [2.05, 4.69) is 22.2 Å². The van der Waals surface area contributed by atoms with Crippen LogP contribution in [0.5, 0.6) is 0 Å². The van der Waals surface area contributed by atoms with Crippen molar-refractivity contribution in [2.24, 2.45) is 0 Å². The highest BCUT2D eigenvalue weighted by Crippen LogP contribution is 2.08. The van der Waals surface area contributed by atoms with Gasteiger partial charge in [0.05, 0.1) is 11.9 Å². The van der Waals surface area contributed by atoms with Crippen LogP contribution in [0.4, 0.5) is 11.5 Å². The van der Waals surface area contributed by atoms with E-state index in [-0.39, 0.29) is 5.91 Å². The van der Waals surface area contributed by atoms with Gasteiger partial charge in [-0.25, -0.2) is 4.98 Å². The van der Waals surface area contributed by atoms with Crippen LogP contribution in [0.2, 0.25) is 0 Å². The van der Waals surface area contributed by atoms with Crippen molar-refractivity contribution >= 4 is 17.4 Å². The van der Waals surface area contributed by atoms with Gasteiger partial charge in [0, 0.05) is 7.05 Å². The highest BCUT2D eigenvalue weighted by Gasteiger charge is 1.96. The SMILES string of the molecule is C=CC(=O)Nc1ccc(NC)nc1. The van der Waals surface area contributed by atoms with E-state index in [9.17, 15) is 4.79 Å². The number of anilines is 2. The molecule has 2 N–H and O–H groups in total. The molecule has 68 valence electrons. The van der Waals surface area contributed by atoms with Crippen molar-refractivity contribution in [3.05, 3.63) is 31.0 Å². The number of hydrogen-bond acceptors (Lipinski definition) is 3. The van der Waals surface area contributed by atoms with Gasteiger partial charge in [0.25, 0.3) is 0 Å². The maximum atomic E-state index is 10.9. The van der Waals surface area contributed by atoms with Crippen LogP contribution in [0.1, 0.15) is 0 Å². The number of rotatable bonds is 3. The first kappa shape index (κ1) is 9.25. The summed E-state index contributed by atoms with van der Waals surface area (Å²) >= 11 is 0. The van der Waals surface area contributed by atoms with Gasteiger partial charge in [0.1, 0.15) is 5.82 Å². The minimum absolute atomic E-state index is 0.237. The third-order valence-corrected chi connectivity index (χ3v) is 1.47. The third kappa shape index (κ3) is 2.59. The average Bonchev–Trinajstić information content (AvgIpc) is 2.19. The first-order valence-corrected chi connectivity index (χ1v) is 3.83. The topological polar surface area (TPSA) is 54.0 Å². The van der Waals surface area contributed by atoms with Crippen LogP contribution in [0.25, 0.3) is 0 Å². The molecule has 1 amide bonds. The summed E-state index contributed by atoms with van der Waals surface area (Å²) in [6.07, 6.45) is 2.79. The first-order valence-electron chi connectivity index (χ1n) is 3.83. The standard InChI is InChI=1S/C9H11N3O/c1-3-9(13)12-7-4-5-8(10-2)11-6-7/h3-6H,1H2,2H3,(H,10,11)(H,12,13). The van der Waals surface area contributed by atoms with Gasteiger partial charge in [0.2, 0.25) is 5.91 Å². The Kier molecular flexibility index (Phi) is 3.03. The van der Waals surface area contributed by atoms with Gasteiger partial charge in [-0.1, -0.05) is 6.58 Å². The largest absolute Gasteiger partial charge is 0.373 e. The fourth-order valence-electron chi connectivity index (χ4n) is 0.809. The molecule has 0 bridgehead atoms. The van der Waals surface area contributed by atoms with Crippen molar-refractivity contribution in [3.63, 3.8) is 0 Å². The molecule has 4 nitrogen and oxygen atoms in total. The summed E-state index contributed by atoms with van der Waals surface area (Å²) in [6, 6.07) is 3.54. The number of amides is 1. The van der Waals surface area contributed by atoms with Crippen molar-refractivity contribution in [2.45, 2.75) is 0 Å². The molecule has 0 saturated carbocycles. The molecular weight excluding hydrogens is 166 g/mol. The summed E-state index contributed by atoms with van der Waals surface area (Å²) in [5.41, 5.74) is 0.656. The molecular formula is C9H11N3O. The Morgan fingerprint density at radius 2 is 2.38 bits per heavy atom. The summed E-state index contributed by atoms with van der Waals surface area (Å²) in [5, 5.41) is 5.47. The Bertz CT molecular complexity index is 305. The van der Waals surface area contributed by atoms with E-state index in [0.717, 1.165) is 5.82 Å². The minimum Gasteiger partial charge on any atom is -0.373 e. The van der Waals surface area contributed by atoms with E-state index in [0.29, 0.717) is 5.69 Å². The summed E-state index contributed by atoms with van der Waals surface area (Å²) in [5.74, 6) is 0.524. The highest BCUT2D eigenvalue weighted by molar-refractivity contribution is 5.98. The second-order valence-electron chi connectivity index (χ2n) is 2.38. The molecule has 1 rings (SSSR count). The van der Waals surface area contributed by atoms with E-state index in [1.54, 1.807) is 25.4 Å². The van der Waals surface area contributed by atoms with Gasteiger partial charge in [-0.05, 0) is 18.2 Å². The molecule has 0 saturated heterocycles. The number of pyridine rings is 1. The molecule has 0 fully saturated rings. The van der Waals surface area contributed by atoms with Crippen LogP contribution >= 0.6 is 0 Å². The van der Waals surface area contributed by atoms with Crippen LogP contribution < -0.4 is 10.6 Å². The van der Waals surface area contributed by atoms with Crippen LogP contribution in [0, 0.1) is 0 Å². The van der Waals surface area contributed by atoms with Gasteiger partial charge in [-0.2, -0.15) is 0 Å². The Morgan fingerprint density at radius 1 is 1.62 bits per heavy atom. The fraction of sp³-hybridized carbons (Fsp3) is 0.111. The Labute approximate surface area is 76.7 Å². The zero-order valence-electron chi connectivity index (χ0n) is 7.37. The van der Waals surface area contributed by atoms with E-state index in [4.69, 9.17) is 0 Å². The van der Waals surface area contributed by atoms with Gasteiger partial charge < -0.3 is 10.6 Å². The van der Waals surface area contributed by atoms with Gasteiger partial charge in [0.15, 0.2) is 0 Å². The van der Waals surface area contributed by atoms with Crippen molar-refractivity contribution in [3.8, 4) is 0 Å². The smallest absolute Gasteiger partial charge is 0.247 e. The molecule has 1 heterocycles. The number of carbonyl (C=O) groups is 1. The monoisotopic (exact) mass is 177 g/mol. The van der Waals surface area contributed by atoms with Gasteiger partial charge in [-0.15, -0.1) is 0 Å². The van der Waals surface area contributed by atoms with Gasteiger partial charge >= 0.3 is 0 Å². The zero-order chi connectivity index (χ0) is 9.68. The Hall–Kier alpha value is -1.84. The molecule has 4 heteroatoms. The summed E-state index contributed by atoms with van der Waals surface area (Å²) in [6.45, 7) is 3.35. The Morgan fingerprint density at radius 3 is 2.85 bits per heavy atom. The van der Waals surface area contributed by atoms with E-state index >= 15 is 0 Å². The van der Waals surface area contributed by atoms with Crippen LogP contribution in [-0.2, 0) is 4.79 Å². The zero-order valence-corrected chi connectivity index (χ0v) is 7.37. The lowest BCUT2D eigenvalue weighted by Gasteiger charge is -2.02. The number of carbonyl (C=O) groups excluding carboxylic acids is 1. The van der Waals surface area contributed by atoms with Crippen molar-refractivity contribution in [1.82, 2.24) is 4.98 Å².